The van der Waals surface area contributed by atoms with Gasteiger partial charge in [-0.1, -0.05) is 84.9 Å². The van der Waals surface area contributed by atoms with Gasteiger partial charge in [0.05, 0.1) is 13.0 Å². The maximum atomic E-state index is 14.4. The van der Waals surface area contributed by atoms with Crippen molar-refractivity contribution in [3.05, 3.63) is 107 Å². The Hall–Kier alpha value is -4.86. The minimum absolute atomic E-state index is 0.0430. The van der Waals surface area contributed by atoms with E-state index in [0.717, 1.165) is 22.3 Å². The summed E-state index contributed by atoms with van der Waals surface area (Å²) in [4.78, 5) is 44.1. The van der Waals surface area contributed by atoms with Gasteiger partial charge in [0.1, 0.15) is 6.04 Å². The molecule has 0 saturated heterocycles. The first-order valence-electron chi connectivity index (χ1n) is 12.9. The number of nitrogens with two attached hydrogens (primary N) is 3. The molecule has 0 bridgehead atoms. The number of aliphatic imine (C=N–C) groups is 1. The summed E-state index contributed by atoms with van der Waals surface area (Å²) < 4.78 is 4.61. The molecule has 0 aliphatic heterocycles. The molecule has 3 aromatic carbocycles. The van der Waals surface area contributed by atoms with Crippen LogP contribution in [0.1, 0.15) is 41.0 Å². The molecule has 0 unspecified atom stereocenters. The average Bonchev–Trinajstić information content (AvgIpc) is 2.96. The first-order chi connectivity index (χ1) is 19.3. The zero-order chi connectivity index (χ0) is 28.9. The molecule has 210 valence electrons. The molecule has 40 heavy (non-hydrogen) atoms. The van der Waals surface area contributed by atoms with Gasteiger partial charge in [-0.25, -0.2) is 4.79 Å². The monoisotopic (exact) mass is 544 g/mol. The zero-order valence-corrected chi connectivity index (χ0v) is 22.5. The third-order valence-corrected chi connectivity index (χ3v) is 6.43. The predicted octanol–water partition coefficient (Wildman–Crippen LogP) is 2.61. The van der Waals surface area contributed by atoms with E-state index >= 15 is 0 Å². The van der Waals surface area contributed by atoms with Crippen molar-refractivity contribution < 1.29 is 19.1 Å². The number of carbonyl (C=O) groups is 3. The molecule has 3 aromatic rings. The fraction of sp³-hybridized carbons (Fsp3) is 0.267. The normalized spacial score (nSPS) is 11.3. The van der Waals surface area contributed by atoms with Crippen LogP contribution in [0.5, 0.6) is 0 Å². The Labute approximate surface area is 234 Å². The SMILES string of the molecule is COC(=O)NCc1ccc(CN(C(=O)C(c2ccccc2)c2ccccc2)[C@H](CCCN=C(N)N)C(N)=O)cc1. The number of nitrogens with zero attached hydrogens (tertiary/aromatic N) is 2. The molecule has 0 saturated carbocycles. The van der Waals surface area contributed by atoms with E-state index in [2.05, 4.69) is 15.0 Å². The predicted molar refractivity (Wildman–Crippen MR) is 154 cm³/mol. The van der Waals surface area contributed by atoms with Crippen LogP contribution in [-0.2, 0) is 27.4 Å². The minimum atomic E-state index is -0.891. The van der Waals surface area contributed by atoms with E-state index in [1.165, 1.54) is 7.11 Å². The second-order valence-corrected chi connectivity index (χ2v) is 9.25. The number of amides is 3. The second kappa shape index (κ2) is 14.9. The molecule has 10 nitrogen and oxygen atoms in total. The van der Waals surface area contributed by atoms with Gasteiger partial charge in [-0.2, -0.15) is 0 Å². The number of carbonyl (C=O) groups excluding carboxylic acids is 3. The highest BCUT2D eigenvalue weighted by molar-refractivity contribution is 5.92. The summed E-state index contributed by atoms with van der Waals surface area (Å²) in [7, 11) is 1.30. The molecule has 3 rings (SSSR count). The van der Waals surface area contributed by atoms with Gasteiger partial charge in [0.2, 0.25) is 11.8 Å². The van der Waals surface area contributed by atoms with Crippen LogP contribution in [0, 0.1) is 0 Å². The molecule has 7 N–H and O–H groups in total. The maximum Gasteiger partial charge on any atom is 0.407 e. The van der Waals surface area contributed by atoms with Crippen molar-refractivity contribution in [1.82, 2.24) is 10.2 Å². The van der Waals surface area contributed by atoms with Gasteiger partial charge in [-0.3, -0.25) is 14.6 Å². The number of hydrogen-bond donors (Lipinski definition) is 4. The molecule has 0 aliphatic carbocycles. The summed E-state index contributed by atoms with van der Waals surface area (Å²) in [6.45, 7) is 0.737. The third-order valence-electron chi connectivity index (χ3n) is 6.43. The minimum Gasteiger partial charge on any atom is -0.453 e. The Morgan fingerprint density at radius 1 is 0.850 bits per heavy atom. The van der Waals surface area contributed by atoms with Gasteiger partial charge < -0.3 is 32.2 Å². The lowest BCUT2D eigenvalue weighted by Gasteiger charge is -2.33. The van der Waals surface area contributed by atoms with Gasteiger partial charge in [0.15, 0.2) is 5.96 Å². The van der Waals surface area contributed by atoms with Crippen LogP contribution in [0.25, 0.3) is 0 Å². The molecule has 0 aliphatic rings. The fourth-order valence-electron chi connectivity index (χ4n) is 4.43. The van der Waals surface area contributed by atoms with Crippen molar-refractivity contribution in [3.63, 3.8) is 0 Å². The smallest absolute Gasteiger partial charge is 0.407 e. The van der Waals surface area contributed by atoms with Crippen molar-refractivity contribution in [3.8, 4) is 0 Å². The number of rotatable bonds is 13. The molecule has 3 amide bonds. The molecule has 0 fully saturated rings. The van der Waals surface area contributed by atoms with E-state index in [4.69, 9.17) is 17.2 Å². The summed E-state index contributed by atoms with van der Waals surface area (Å²) in [5.41, 5.74) is 20.0. The quantitative estimate of drug-likeness (QED) is 0.147. The Balaban J connectivity index is 1.96. The Morgan fingerprint density at radius 3 is 1.90 bits per heavy atom. The Bertz CT molecular complexity index is 1240. The number of alkyl carbamates (subject to hydrolysis) is 1. The molecule has 0 spiro atoms. The standard InChI is InChI=1S/C30H36N6O4/c1-40-30(39)35-19-21-14-16-22(17-15-21)20-36(25(27(31)37)13-8-18-34-29(32)33)28(38)26(23-9-4-2-5-10-23)24-11-6-3-7-12-24/h2-7,9-12,14-17,25-26H,8,13,18-20H2,1H3,(H2,31,37)(H,35,39)(H4,32,33,34)/t25-/m1/s1. The third kappa shape index (κ3) is 8.59. The number of hydrogen-bond acceptors (Lipinski definition) is 5. The van der Waals surface area contributed by atoms with E-state index < -0.39 is 24.0 Å². The topological polar surface area (TPSA) is 166 Å². The lowest BCUT2D eigenvalue weighted by Crippen LogP contribution is -2.49. The first-order valence-corrected chi connectivity index (χ1v) is 12.9. The summed E-state index contributed by atoms with van der Waals surface area (Å²) in [6.07, 6.45) is 0.211. The summed E-state index contributed by atoms with van der Waals surface area (Å²) in [5.74, 6) is -1.56. The molecular weight excluding hydrogens is 508 g/mol. The highest BCUT2D eigenvalue weighted by Crippen LogP contribution is 2.29. The number of primary amides is 1. The molecule has 0 aromatic heterocycles. The van der Waals surface area contributed by atoms with Gasteiger partial charge in [0.25, 0.3) is 0 Å². The van der Waals surface area contributed by atoms with Crippen molar-refractivity contribution in [1.29, 1.82) is 0 Å². The highest BCUT2D eigenvalue weighted by atomic mass is 16.5. The fourth-order valence-corrected chi connectivity index (χ4v) is 4.43. The first kappa shape index (κ1) is 29.7. The molecule has 0 radical (unpaired) electrons. The van der Waals surface area contributed by atoms with E-state index in [-0.39, 0.29) is 31.4 Å². The van der Waals surface area contributed by atoms with Crippen LogP contribution in [-0.4, -0.2) is 48.5 Å². The molecule has 0 heterocycles. The average molecular weight is 545 g/mol. The van der Waals surface area contributed by atoms with Crippen LogP contribution in [0.3, 0.4) is 0 Å². The molecule has 10 heteroatoms. The van der Waals surface area contributed by atoms with E-state index in [9.17, 15) is 14.4 Å². The summed E-state index contributed by atoms with van der Waals surface area (Å²) >= 11 is 0. The number of benzene rings is 3. The van der Waals surface area contributed by atoms with E-state index in [0.29, 0.717) is 13.0 Å². The molecular formula is C30H36N6O4. The molecule has 1 atom stereocenters. The lowest BCUT2D eigenvalue weighted by molar-refractivity contribution is -0.141. The van der Waals surface area contributed by atoms with Crippen LogP contribution >= 0.6 is 0 Å². The van der Waals surface area contributed by atoms with Gasteiger partial charge >= 0.3 is 6.09 Å². The van der Waals surface area contributed by atoms with Crippen molar-refractivity contribution in [2.45, 2.75) is 37.9 Å². The number of guanidine groups is 1. The highest BCUT2D eigenvalue weighted by Gasteiger charge is 2.34. The summed E-state index contributed by atoms with van der Waals surface area (Å²) in [6, 6.07) is 25.4. The zero-order valence-electron chi connectivity index (χ0n) is 22.5. The van der Waals surface area contributed by atoms with Crippen LogP contribution < -0.4 is 22.5 Å². The van der Waals surface area contributed by atoms with Gasteiger partial charge in [-0.05, 0) is 35.1 Å². The number of ether oxygens (including phenoxy) is 1. The lowest BCUT2D eigenvalue weighted by atomic mass is 9.89. The van der Waals surface area contributed by atoms with Crippen LogP contribution in [0.4, 0.5) is 4.79 Å². The van der Waals surface area contributed by atoms with Crippen molar-refractivity contribution >= 4 is 23.9 Å². The van der Waals surface area contributed by atoms with Crippen molar-refractivity contribution in [2.75, 3.05) is 13.7 Å². The summed E-state index contributed by atoms with van der Waals surface area (Å²) in [5, 5.41) is 2.63. The second-order valence-electron chi connectivity index (χ2n) is 9.25. The van der Waals surface area contributed by atoms with E-state index in [1.807, 2.05) is 84.9 Å². The maximum absolute atomic E-state index is 14.4. The van der Waals surface area contributed by atoms with Gasteiger partial charge in [0, 0.05) is 19.6 Å². The Kier molecular flexibility index (Phi) is 11.1. The van der Waals surface area contributed by atoms with Crippen molar-refractivity contribution in [2.24, 2.45) is 22.2 Å². The Morgan fingerprint density at radius 2 is 1.40 bits per heavy atom. The number of methoxy groups -OCH3 is 1. The largest absolute Gasteiger partial charge is 0.453 e. The van der Waals surface area contributed by atoms with Gasteiger partial charge in [-0.15, -0.1) is 0 Å². The van der Waals surface area contributed by atoms with Crippen LogP contribution in [0.2, 0.25) is 0 Å². The number of nitrogens with one attached hydrogen (secondary N) is 1. The van der Waals surface area contributed by atoms with Crippen LogP contribution in [0.15, 0.2) is 89.9 Å². The van der Waals surface area contributed by atoms with E-state index in [1.54, 1.807) is 4.90 Å².